The Kier molecular flexibility index (Phi) is 2.43. The number of rotatable bonds is 2. The zero-order chi connectivity index (χ0) is 11.0. The minimum atomic E-state index is -0.296. The SMILES string of the molecule is NCC1OCC(c2ccc3c(c2)OCO3)O1. The number of nitrogens with two attached hydrogens (primary N) is 1. The topological polar surface area (TPSA) is 62.9 Å². The number of fused-ring (bicyclic) bond motifs is 1. The predicted octanol–water partition coefficient (Wildman–Crippen LogP) is 0.788. The molecule has 2 atom stereocenters. The molecule has 2 aliphatic heterocycles. The van der Waals surface area contributed by atoms with E-state index in [4.69, 9.17) is 24.7 Å². The van der Waals surface area contributed by atoms with Gasteiger partial charge in [0.05, 0.1) is 6.61 Å². The van der Waals surface area contributed by atoms with Gasteiger partial charge in [-0.2, -0.15) is 0 Å². The first-order chi connectivity index (χ1) is 7.86. The van der Waals surface area contributed by atoms with Gasteiger partial charge in [0.15, 0.2) is 17.8 Å². The summed E-state index contributed by atoms with van der Waals surface area (Å²) in [5, 5.41) is 0. The van der Waals surface area contributed by atoms with Gasteiger partial charge in [-0.1, -0.05) is 6.07 Å². The van der Waals surface area contributed by atoms with Gasteiger partial charge in [-0.3, -0.25) is 0 Å². The molecule has 0 aromatic heterocycles. The van der Waals surface area contributed by atoms with Crippen molar-refractivity contribution in [3.8, 4) is 11.5 Å². The van der Waals surface area contributed by atoms with Crippen LogP contribution < -0.4 is 15.2 Å². The van der Waals surface area contributed by atoms with Gasteiger partial charge < -0.3 is 24.7 Å². The largest absolute Gasteiger partial charge is 0.454 e. The van der Waals surface area contributed by atoms with Crippen LogP contribution in [0.2, 0.25) is 0 Å². The molecule has 1 aromatic rings. The lowest BCUT2D eigenvalue weighted by Gasteiger charge is -2.10. The van der Waals surface area contributed by atoms with E-state index in [1.54, 1.807) is 0 Å². The first-order valence-electron chi connectivity index (χ1n) is 5.23. The molecule has 0 aliphatic carbocycles. The van der Waals surface area contributed by atoms with E-state index >= 15 is 0 Å². The lowest BCUT2D eigenvalue weighted by atomic mass is 10.1. The molecule has 0 bridgehead atoms. The highest BCUT2D eigenvalue weighted by Crippen LogP contribution is 2.36. The summed E-state index contributed by atoms with van der Waals surface area (Å²) in [6.45, 7) is 1.19. The Bertz CT molecular complexity index is 396. The molecule has 3 rings (SSSR count). The minimum absolute atomic E-state index is 0.0666. The van der Waals surface area contributed by atoms with Crippen LogP contribution in [-0.4, -0.2) is 26.2 Å². The molecule has 1 saturated heterocycles. The third kappa shape index (κ3) is 1.63. The van der Waals surface area contributed by atoms with Crippen molar-refractivity contribution in [3.63, 3.8) is 0 Å². The third-order valence-electron chi connectivity index (χ3n) is 2.71. The molecular formula is C11H13NO4. The van der Waals surface area contributed by atoms with E-state index in [0.29, 0.717) is 13.2 Å². The summed E-state index contributed by atoms with van der Waals surface area (Å²) in [6, 6.07) is 5.77. The van der Waals surface area contributed by atoms with Gasteiger partial charge in [0, 0.05) is 6.54 Å². The van der Waals surface area contributed by atoms with Gasteiger partial charge in [-0.15, -0.1) is 0 Å². The van der Waals surface area contributed by atoms with Crippen molar-refractivity contribution in [1.29, 1.82) is 0 Å². The summed E-state index contributed by atoms with van der Waals surface area (Å²) in [5.74, 6) is 1.54. The molecule has 0 spiro atoms. The summed E-state index contributed by atoms with van der Waals surface area (Å²) in [6.07, 6.45) is -0.363. The second-order valence-corrected chi connectivity index (χ2v) is 3.74. The van der Waals surface area contributed by atoms with Gasteiger partial charge in [-0.25, -0.2) is 0 Å². The van der Waals surface area contributed by atoms with E-state index in [0.717, 1.165) is 17.1 Å². The summed E-state index contributed by atoms with van der Waals surface area (Å²) in [4.78, 5) is 0. The predicted molar refractivity (Wildman–Crippen MR) is 55.2 cm³/mol. The first-order valence-corrected chi connectivity index (χ1v) is 5.23. The maximum absolute atomic E-state index is 5.61. The summed E-state index contributed by atoms with van der Waals surface area (Å²) in [5.41, 5.74) is 6.50. The molecule has 0 radical (unpaired) electrons. The van der Waals surface area contributed by atoms with Crippen LogP contribution in [-0.2, 0) is 9.47 Å². The van der Waals surface area contributed by atoms with Crippen molar-refractivity contribution in [2.45, 2.75) is 12.4 Å². The Labute approximate surface area is 93.0 Å². The fourth-order valence-electron chi connectivity index (χ4n) is 1.87. The Hall–Kier alpha value is -1.30. The zero-order valence-corrected chi connectivity index (χ0v) is 8.72. The highest BCUT2D eigenvalue weighted by molar-refractivity contribution is 5.45. The molecule has 5 heteroatoms. The number of benzene rings is 1. The molecule has 1 aromatic carbocycles. The highest BCUT2D eigenvalue weighted by atomic mass is 16.7. The molecule has 16 heavy (non-hydrogen) atoms. The average molecular weight is 223 g/mol. The van der Waals surface area contributed by atoms with Crippen molar-refractivity contribution in [2.24, 2.45) is 5.73 Å². The smallest absolute Gasteiger partial charge is 0.231 e. The quantitative estimate of drug-likeness (QED) is 0.803. The van der Waals surface area contributed by atoms with Crippen molar-refractivity contribution in [1.82, 2.24) is 0 Å². The molecule has 1 fully saturated rings. The standard InChI is InChI=1S/C11H13NO4/c12-4-11-13-5-10(16-11)7-1-2-8-9(3-7)15-6-14-8/h1-3,10-11H,4-6,12H2. The van der Waals surface area contributed by atoms with Crippen molar-refractivity contribution in [2.75, 3.05) is 19.9 Å². The van der Waals surface area contributed by atoms with E-state index in [9.17, 15) is 0 Å². The van der Waals surface area contributed by atoms with E-state index in [1.807, 2.05) is 18.2 Å². The Morgan fingerprint density at radius 3 is 2.94 bits per heavy atom. The maximum Gasteiger partial charge on any atom is 0.231 e. The van der Waals surface area contributed by atoms with Gasteiger partial charge in [0.2, 0.25) is 6.79 Å². The van der Waals surface area contributed by atoms with Crippen LogP contribution in [0, 0.1) is 0 Å². The van der Waals surface area contributed by atoms with Crippen LogP contribution in [0.25, 0.3) is 0 Å². The van der Waals surface area contributed by atoms with Gasteiger partial charge in [-0.05, 0) is 17.7 Å². The monoisotopic (exact) mass is 223 g/mol. The van der Waals surface area contributed by atoms with Crippen LogP contribution in [0.15, 0.2) is 18.2 Å². The second kappa shape index (κ2) is 3.93. The molecule has 2 unspecified atom stereocenters. The van der Waals surface area contributed by atoms with Gasteiger partial charge in [0.1, 0.15) is 6.10 Å². The van der Waals surface area contributed by atoms with Gasteiger partial charge >= 0.3 is 0 Å². The number of ether oxygens (including phenoxy) is 4. The lowest BCUT2D eigenvalue weighted by Crippen LogP contribution is -2.20. The fourth-order valence-corrected chi connectivity index (χ4v) is 1.87. The molecule has 5 nitrogen and oxygen atoms in total. The second-order valence-electron chi connectivity index (χ2n) is 3.74. The fraction of sp³-hybridized carbons (Fsp3) is 0.455. The zero-order valence-electron chi connectivity index (χ0n) is 8.72. The Morgan fingerprint density at radius 2 is 2.12 bits per heavy atom. The van der Waals surface area contributed by atoms with Crippen LogP contribution in [0.1, 0.15) is 11.7 Å². The lowest BCUT2D eigenvalue weighted by molar-refractivity contribution is -0.0497. The molecule has 2 heterocycles. The Morgan fingerprint density at radius 1 is 1.25 bits per heavy atom. The summed E-state index contributed by atoms with van der Waals surface area (Å²) < 4.78 is 21.5. The normalized spacial score (nSPS) is 27.3. The maximum atomic E-state index is 5.61. The molecule has 0 amide bonds. The first kappa shape index (κ1) is 9.89. The number of hydrogen-bond acceptors (Lipinski definition) is 5. The van der Waals surface area contributed by atoms with E-state index in [-0.39, 0.29) is 19.2 Å². The molecule has 2 aliphatic rings. The van der Waals surface area contributed by atoms with Crippen LogP contribution in [0.4, 0.5) is 0 Å². The number of hydrogen-bond donors (Lipinski definition) is 1. The van der Waals surface area contributed by atoms with E-state index < -0.39 is 0 Å². The third-order valence-corrected chi connectivity index (χ3v) is 2.71. The van der Waals surface area contributed by atoms with Crippen LogP contribution in [0.5, 0.6) is 11.5 Å². The van der Waals surface area contributed by atoms with Crippen LogP contribution >= 0.6 is 0 Å². The highest BCUT2D eigenvalue weighted by Gasteiger charge is 2.27. The van der Waals surface area contributed by atoms with Crippen molar-refractivity contribution >= 4 is 0 Å². The molecule has 0 saturated carbocycles. The van der Waals surface area contributed by atoms with E-state index in [1.165, 1.54) is 0 Å². The summed E-state index contributed by atoms with van der Waals surface area (Å²) >= 11 is 0. The van der Waals surface area contributed by atoms with Crippen molar-refractivity contribution in [3.05, 3.63) is 23.8 Å². The average Bonchev–Trinajstić information content (AvgIpc) is 2.96. The molecule has 86 valence electrons. The Balaban J connectivity index is 1.80. The molecular weight excluding hydrogens is 210 g/mol. The van der Waals surface area contributed by atoms with Crippen molar-refractivity contribution < 1.29 is 18.9 Å². The van der Waals surface area contributed by atoms with Gasteiger partial charge in [0.25, 0.3) is 0 Å². The minimum Gasteiger partial charge on any atom is -0.454 e. The molecule has 2 N–H and O–H groups in total. The van der Waals surface area contributed by atoms with E-state index in [2.05, 4.69) is 0 Å². The summed E-state index contributed by atoms with van der Waals surface area (Å²) in [7, 11) is 0. The van der Waals surface area contributed by atoms with Crippen LogP contribution in [0.3, 0.4) is 0 Å².